The van der Waals surface area contributed by atoms with Crippen LogP contribution in [0.5, 0.6) is 11.5 Å². The van der Waals surface area contributed by atoms with Gasteiger partial charge in [0.2, 0.25) is 0 Å². The summed E-state index contributed by atoms with van der Waals surface area (Å²) in [6.07, 6.45) is 1.30. The van der Waals surface area contributed by atoms with E-state index >= 15 is 0 Å². The monoisotopic (exact) mass is 362 g/mol. The lowest BCUT2D eigenvalue weighted by Crippen LogP contribution is -2.43. The lowest BCUT2D eigenvalue weighted by Gasteiger charge is -2.27. The number of rotatable bonds is 5. The molecule has 0 aliphatic rings. The molecule has 0 unspecified atom stereocenters. The summed E-state index contributed by atoms with van der Waals surface area (Å²) in [5, 5.41) is 33.9. The van der Waals surface area contributed by atoms with Crippen LogP contribution < -0.4 is 5.43 Å². The molecule has 3 aromatic carbocycles. The summed E-state index contributed by atoms with van der Waals surface area (Å²) in [5.41, 5.74) is 1.70. The van der Waals surface area contributed by atoms with Gasteiger partial charge in [-0.1, -0.05) is 60.7 Å². The first-order valence-electron chi connectivity index (χ1n) is 8.20. The summed E-state index contributed by atoms with van der Waals surface area (Å²) in [5.74, 6) is -1.27. The molecule has 4 N–H and O–H groups in total. The highest BCUT2D eigenvalue weighted by Gasteiger charge is 2.39. The fraction of sp³-hybridized carbons (Fsp3) is 0.0476. The Morgan fingerprint density at radius 2 is 1.41 bits per heavy atom. The number of phenolic OH excluding ortho intramolecular Hbond substituents is 2. The van der Waals surface area contributed by atoms with Gasteiger partial charge in [0.1, 0.15) is 0 Å². The third-order valence-corrected chi connectivity index (χ3v) is 4.09. The normalized spacial score (nSPS) is 11.4. The SMILES string of the molecule is O=C(NN=Cc1ccc(O)c(O)c1)C(O)(c1ccccc1)c1ccccc1. The van der Waals surface area contributed by atoms with E-state index in [4.69, 9.17) is 0 Å². The van der Waals surface area contributed by atoms with Crippen LogP contribution >= 0.6 is 0 Å². The number of aromatic hydroxyl groups is 2. The Kier molecular flexibility index (Phi) is 5.19. The van der Waals surface area contributed by atoms with Gasteiger partial charge in [0.15, 0.2) is 17.1 Å². The van der Waals surface area contributed by atoms with E-state index in [1.54, 1.807) is 60.7 Å². The predicted octanol–water partition coefficient (Wildman–Crippen LogP) is 2.48. The topological polar surface area (TPSA) is 102 Å². The van der Waals surface area contributed by atoms with Crippen LogP contribution in [0, 0.1) is 0 Å². The first-order chi connectivity index (χ1) is 13.0. The van der Waals surface area contributed by atoms with Gasteiger partial charge >= 0.3 is 0 Å². The van der Waals surface area contributed by atoms with E-state index in [2.05, 4.69) is 10.5 Å². The Morgan fingerprint density at radius 3 is 1.93 bits per heavy atom. The van der Waals surface area contributed by atoms with Crippen molar-refractivity contribution in [3.63, 3.8) is 0 Å². The highest BCUT2D eigenvalue weighted by atomic mass is 16.3. The quantitative estimate of drug-likeness (QED) is 0.318. The van der Waals surface area contributed by atoms with E-state index < -0.39 is 11.5 Å². The number of phenols is 2. The molecule has 3 rings (SSSR count). The highest BCUT2D eigenvalue weighted by Crippen LogP contribution is 2.30. The maximum Gasteiger partial charge on any atom is 0.281 e. The standard InChI is InChI=1S/C21H18N2O4/c24-18-12-11-15(13-19(18)25)14-22-23-20(26)21(27,16-7-3-1-4-8-16)17-9-5-2-6-10-17/h1-14,24-25,27H,(H,23,26). The van der Waals surface area contributed by atoms with Crippen LogP contribution in [0.4, 0.5) is 0 Å². The maximum absolute atomic E-state index is 12.8. The third kappa shape index (κ3) is 3.80. The number of hydrazone groups is 1. The second-order valence-electron chi connectivity index (χ2n) is 5.89. The molecule has 0 atom stereocenters. The maximum atomic E-state index is 12.8. The van der Waals surface area contributed by atoms with Crippen molar-refractivity contribution < 1.29 is 20.1 Å². The Morgan fingerprint density at radius 1 is 0.852 bits per heavy atom. The van der Waals surface area contributed by atoms with Crippen molar-refractivity contribution in [2.75, 3.05) is 0 Å². The summed E-state index contributed by atoms with van der Waals surface area (Å²) < 4.78 is 0. The second-order valence-corrected chi connectivity index (χ2v) is 5.89. The van der Waals surface area contributed by atoms with Gasteiger partial charge in [-0.15, -0.1) is 0 Å². The van der Waals surface area contributed by atoms with E-state index in [1.165, 1.54) is 24.4 Å². The summed E-state index contributed by atoms with van der Waals surface area (Å²) in [4.78, 5) is 12.8. The van der Waals surface area contributed by atoms with E-state index in [9.17, 15) is 20.1 Å². The number of aliphatic hydroxyl groups is 1. The number of carbonyl (C=O) groups is 1. The van der Waals surface area contributed by atoms with Gasteiger partial charge in [-0.05, 0) is 34.9 Å². The van der Waals surface area contributed by atoms with Crippen LogP contribution in [0.2, 0.25) is 0 Å². The van der Waals surface area contributed by atoms with Crippen LogP contribution in [0.25, 0.3) is 0 Å². The minimum atomic E-state index is -1.92. The molecular weight excluding hydrogens is 344 g/mol. The minimum Gasteiger partial charge on any atom is -0.504 e. The van der Waals surface area contributed by atoms with Gasteiger partial charge < -0.3 is 15.3 Å². The lowest BCUT2D eigenvalue weighted by molar-refractivity contribution is -0.136. The van der Waals surface area contributed by atoms with E-state index in [0.29, 0.717) is 16.7 Å². The molecule has 0 heterocycles. The number of hydrogen-bond acceptors (Lipinski definition) is 5. The minimum absolute atomic E-state index is 0.251. The Labute approximate surface area is 156 Å². The van der Waals surface area contributed by atoms with Crippen molar-refractivity contribution in [1.82, 2.24) is 5.43 Å². The number of nitrogens with one attached hydrogen (secondary N) is 1. The summed E-state index contributed by atoms with van der Waals surface area (Å²) in [7, 11) is 0. The number of hydrogen-bond donors (Lipinski definition) is 4. The Bertz CT molecular complexity index is 917. The van der Waals surface area contributed by atoms with E-state index in [1.807, 2.05) is 0 Å². The molecule has 6 heteroatoms. The average Bonchev–Trinajstić information content (AvgIpc) is 2.71. The molecule has 0 bridgehead atoms. The predicted molar refractivity (Wildman–Crippen MR) is 101 cm³/mol. The number of carbonyl (C=O) groups excluding carboxylic acids is 1. The van der Waals surface area contributed by atoms with Gasteiger partial charge in [0.05, 0.1) is 6.21 Å². The lowest BCUT2D eigenvalue weighted by atomic mass is 9.85. The summed E-state index contributed by atoms with van der Waals surface area (Å²) in [6, 6.07) is 21.3. The molecule has 0 fully saturated rings. The molecule has 0 radical (unpaired) electrons. The molecule has 1 amide bonds. The zero-order valence-corrected chi connectivity index (χ0v) is 14.3. The number of amides is 1. The molecule has 0 aliphatic carbocycles. The fourth-order valence-electron chi connectivity index (χ4n) is 2.65. The summed E-state index contributed by atoms with van der Waals surface area (Å²) >= 11 is 0. The van der Waals surface area contributed by atoms with Crippen LogP contribution in [0.15, 0.2) is 84.0 Å². The Balaban J connectivity index is 1.88. The van der Waals surface area contributed by atoms with Crippen LogP contribution in [0.1, 0.15) is 16.7 Å². The van der Waals surface area contributed by atoms with Gasteiger partial charge in [-0.2, -0.15) is 5.10 Å². The van der Waals surface area contributed by atoms with Crippen molar-refractivity contribution in [3.8, 4) is 11.5 Å². The molecule has 6 nitrogen and oxygen atoms in total. The summed E-state index contributed by atoms with van der Waals surface area (Å²) in [6.45, 7) is 0. The van der Waals surface area contributed by atoms with Crippen molar-refractivity contribution >= 4 is 12.1 Å². The second kappa shape index (κ2) is 7.72. The largest absolute Gasteiger partial charge is 0.504 e. The van der Waals surface area contributed by atoms with Crippen molar-refractivity contribution in [2.45, 2.75) is 5.60 Å². The van der Waals surface area contributed by atoms with Crippen LogP contribution in [0.3, 0.4) is 0 Å². The zero-order chi connectivity index (χ0) is 19.3. The van der Waals surface area contributed by atoms with Crippen molar-refractivity contribution in [3.05, 3.63) is 95.6 Å². The Hall–Kier alpha value is -3.64. The molecule has 0 saturated carbocycles. The van der Waals surface area contributed by atoms with Crippen LogP contribution in [-0.4, -0.2) is 27.4 Å². The first kappa shape index (κ1) is 18.2. The van der Waals surface area contributed by atoms with Crippen molar-refractivity contribution in [1.29, 1.82) is 0 Å². The molecule has 0 spiro atoms. The number of nitrogens with zero attached hydrogens (tertiary/aromatic N) is 1. The molecule has 0 aromatic heterocycles. The smallest absolute Gasteiger partial charge is 0.281 e. The first-order valence-corrected chi connectivity index (χ1v) is 8.20. The fourth-order valence-corrected chi connectivity index (χ4v) is 2.65. The van der Waals surface area contributed by atoms with E-state index in [0.717, 1.165) is 0 Å². The van der Waals surface area contributed by atoms with Gasteiger partial charge in [0, 0.05) is 0 Å². The highest BCUT2D eigenvalue weighted by molar-refractivity contribution is 5.91. The average molecular weight is 362 g/mol. The van der Waals surface area contributed by atoms with Crippen LogP contribution in [-0.2, 0) is 10.4 Å². The third-order valence-electron chi connectivity index (χ3n) is 4.09. The molecule has 136 valence electrons. The number of benzene rings is 3. The molecule has 27 heavy (non-hydrogen) atoms. The molecular formula is C21H18N2O4. The zero-order valence-electron chi connectivity index (χ0n) is 14.3. The molecule has 3 aromatic rings. The molecule has 0 saturated heterocycles. The van der Waals surface area contributed by atoms with Gasteiger partial charge in [-0.3, -0.25) is 4.79 Å². The molecule has 0 aliphatic heterocycles. The van der Waals surface area contributed by atoms with Crippen molar-refractivity contribution in [2.24, 2.45) is 5.10 Å². The van der Waals surface area contributed by atoms with Gasteiger partial charge in [-0.25, -0.2) is 5.43 Å². The van der Waals surface area contributed by atoms with Gasteiger partial charge in [0.25, 0.3) is 5.91 Å². The van der Waals surface area contributed by atoms with E-state index in [-0.39, 0.29) is 11.5 Å².